The van der Waals surface area contributed by atoms with Crippen LogP contribution in [-0.2, 0) is 13.0 Å². The fourth-order valence-corrected chi connectivity index (χ4v) is 4.25. The average Bonchev–Trinajstić information content (AvgIpc) is 3.46. The molecule has 6 rings (SSSR count). The van der Waals surface area contributed by atoms with E-state index < -0.39 is 0 Å². The summed E-state index contributed by atoms with van der Waals surface area (Å²) in [5.41, 5.74) is 9.66. The van der Waals surface area contributed by atoms with E-state index in [2.05, 4.69) is 74.1 Å². The van der Waals surface area contributed by atoms with Crippen molar-refractivity contribution in [2.75, 3.05) is 6.54 Å². The number of nitrogens with zero attached hydrogens (tertiary/aromatic N) is 5. The predicted octanol–water partition coefficient (Wildman–Crippen LogP) is 4.25. The number of pyridine rings is 1. The summed E-state index contributed by atoms with van der Waals surface area (Å²) >= 11 is 0. The minimum absolute atomic E-state index is 0. The molecule has 7 nitrogen and oxygen atoms in total. The smallest absolute Gasteiger partial charge is 0.134 e. The third-order valence-electron chi connectivity index (χ3n) is 5.99. The van der Waals surface area contributed by atoms with Crippen LogP contribution in [0.15, 0.2) is 61.1 Å². The summed E-state index contributed by atoms with van der Waals surface area (Å²) in [7, 11) is 0. The lowest BCUT2D eigenvalue weighted by Gasteiger charge is -2.17. The van der Waals surface area contributed by atoms with Crippen molar-refractivity contribution in [3.05, 3.63) is 77.7 Å². The van der Waals surface area contributed by atoms with Gasteiger partial charge in [0.1, 0.15) is 11.4 Å². The standard InChI is InChI=1S/C24H21N7.ClH/c1-15-6-8-26-13-21(15)17-3-5-22-20(11-17)24(29-27-22)23-14-31(30-28-23)19-4-2-18-12-25-9-7-16(18)10-19;/h2-6,8,10-11,13-14,25H,7,9,12H2,1H3,(H,27,29);1H. The molecular formula is C24H22ClN7. The number of rotatable bonds is 3. The van der Waals surface area contributed by atoms with Crippen LogP contribution in [0.2, 0.25) is 0 Å². The first-order valence-corrected chi connectivity index (χ1v) is 10.4. The van der Waals surface area contributed by atoms with E-state index in [1.165, 1.54) is 16.7 Å². The van der Waals surface area contributed by atoms with Crippen molar-refractivity contribution in [2.24, 2.45) is 0 Å². The maximum atomic E-state index is 4.54. The summed E-state index contributed by atoms with van der Waals surface area (Å²) in [6, 6.07) is 14.8. The molecule has 32 heavy (non-hydrogen) atoms. The number of aryl methyl sites for hydroxylation is 1. The third kappa shape index (κ3) is 3.45. The number of fused-ring (bicyclic) bond motifs is 2. The molecule has 2 N–H and O–H groups in total. The van der Waals surface area contributed by atoms with Gasteiger partial charge in [0, 0.05) is 29.9 Å². The largest absolute Gasteiger partial charge is 0.312 e. The van der Waals surface area contributed by atoms with Crippen molar-refractivity contribution in [1.29, 1.82) is 0 Å². The van der Waals surface area contributed by atoms with Gasteiger partial charge in [-0.3, -0.25) is 10.1 Å². The van der Waals surface area contributed by atoms with Gasteiger partial charge < -0.3 is 5.32 Å². The van der Waals surface area contributed by atoms with Crippen molar-refractivity contribution in [3.63, 3.8) is 0 Å². The molecule has 0 amide bonds. The molecule has 0 unspecified atom stereocenters. The van der Waals surface area contributed by atoms with E-state index in [9.17, 15) is 0 Å². The second-order valence-corrected chi connectivity index (χ2v) is 7.95. The van der Waals surface area contributed by atoms with E-state index in [0.29, 0.717) is 0 Å². The number of aromatic nitrogens is 6. The Morgan fingerprint density at radius 3 is 2.88 bits per heavy atom. The van der Waals surface area contributed by atoms with Gasteiger partial charge in [0.15, 0.2) is 0 Å². The Labute approximate surface area is 191 Å². The van der Waals surface area contributed by atoms with E-state index in [1.807, 2.05) is 29.3 Å². The lowest BCUT2D eigenvalue weighted by Crippen LogP contribution is -2.23. The normalized spacial score (nSPS) is 13.0. The summed E-state index contributed by atoms with van der Waals surface area (Å²) in [5, 5.41) is 20.9. The molecule has 0 spiro atoms. The summed E-state index contributed by atoms with van der Waals surface area (Å²) in [6.07, 6.45) is 6.69. The highest BCUT2D eigenvalue weighted by Crippen LogP contribution is 2.31. The number of H-pyrrole nitrogens is 1. The van der Waals surface area contributed by atoms with Crippen LogP contribution in [-0.4, -0.2) is 36.7 Å². The lowest BCUT2D eigenvalue weighted by molar-refractivity contribution is 0.642. The Morgan fingerprint density at radius 1 is 1.03 bits per heavy atom. The van der Waals surface area contributed by atoms with Crippen molar-refractivity contribution >= 4 is 23.3 Å². The van der Waals surface area contributed by atoms with Gasteiger partial charge in [0.2, 0.25) is 0 Å². The van der Waals surface area contributed by atoms with Crippen molar-refractivity contribution in [3.8, 4) is 28.2 Å². The van der Waals surface area contributed by atoms with Crippen LogP contribution in [0.4, 0.5) is 0 Å². The topological polar surface area (TPSA) is 84.3 Å². The van der Waals surface area contributed by atoms with Crippen LogP contribution in [0.5, 0.6) is 0 Å². The Balaban J connectivity index is 0.00000216. The molecular weight excluding hydrogens is 422 g/mol. The first-order chi connectivity index (χ1) is 15.3. The fourth-order valence-electron chi connectivity index (χ4n) is 4.25. The minimum Gasteiger partial charge on any atom is -0.312 e. The molecule has 0 saturated carbocycles. The number of aromatic amines is 1. The third-order valence-corrected chi connectivity index (χ3v) is 5.99. The highest BCUT2D eigenvalue weighted by atomic mass is 35.5. The molecule has 0 bridgehead atoms. The maximum absolute atomic E-state index is 4.54. The van der Waals surface area contributed by atoms with Crippen LogP contribution in [0.3, 0.4) is 0 Å². The number of nitrogens with one attached hydrogen (secondary N) is 2. The SMILES string of the molecule is Cc1ccncc1-c1ccc2[nH]nc(-c3cn(-c4ccc5c(c4)CCNC5)nn3)c2c1.Cl. The molecule has 5 aromatic rings. The zero-order chi connectivity index (χ0) is 20.8. The second-order valence-electron chi connectivity index (χ2n) is 7.95. The van der Waals surface area contributed by atoms with Gasteiger partial charge >= 0.3 is 0 Å². The predicted molar refractivity (Wildman–Crippen MR) is 127 cm³/mol. The Morgan fingerprint density at radius 2 is 1.97 bits per heavy atom. The molecule has 0 radical (unpaired) electrons. The molecule has 1 aliphatic rings. The van der Waals surface area contributed by atoms with Crippen molar-refractivity contribution in [2.45, 2.75) is 19.9 Å². The molecule has 0 atom stereocenters. The highest BCUT2D eigenvalue weighted by molar-refractivity contribution is 5.95. The average molecular weight is 444 g/mol. The number of hydrogen-bond acceptors (Lipinski definition) is 5. The minimum atomic E-state index is 0. The summed E-state index contributed by atoms with van der Waals surface area (Å²) in [5.74, 6) is 0. The van der Waals surface area contributed by atoms with Crippen molar-refractivity contribution < 1.29 is 0 Å². The molecule has 160 valence electrons. The monoisotopic (exact) mass is 443 g/mol. The number of halogens is 1. The van der Waals surface area contributed by atoms with Crippen molar-refractivity contribution in [1.82, 2.24) is 35.5 Å². The molecule has 4 heterocycles. The second kappa shape index (κ2) is 8.18. The van der Waals surface area contributed by atoms with Gasteiger partial charge in [0.05, 0.1) is 17.4 Å². The Hall–Kier alpha value is -3.55. The molecule has 1 aliphatic heterocycles. The molecule has 0 fully saturated rings. The maximum Gasteiger partial charge on any atom is 0.134 e. The van der Waals surface area contributed by atoms with Crippen LogP contribution in [0.25, 0.3) is 39.1 Å². The molecule has 8 heteroatoms. The highest BCUT2D eigenvalue weighted by Gasteiger charge is 2.15. The molecule has 3 aromatic heterocycles. The first-order valence-electron chi connectivity index (χ1n) is 10.4. The van der Waals surface area contributed by atoms with Gasteiger partial charge in [0.25, 0.3) is 0 Å². The van der Waals surface area contributed by atoms with Gasteiger partial charge in [-0.1, -0.05) is 17.3 Å². The first kappa shape index (κ1) is 20.4. The quantitative estimate of drug-likeness (QED) is 0.435. The van der Waals surface area contributed by atoms with Gasteiger partial charge in [-0.05, 0) is 72.5 Å². The number of benzene rings is 2. The van der Waals surface area contributed by atoms with E-state index in [1.54, 1.807) is 0 Å². The summed E-state index contributed by atoms with van der Waals surface area (Å²) in [6.45, 7) is 4.03. The lowest BCUT2D eigenvalue weighted by atomic mass is 10.0. The van der Waals surface area contributed by atoms with Gasteiger partial charge in [-0.15, -0.1) is 17.5 Å². The Kier molecular flexibility index (Phi) is 5.20. The Bertz CT molecular complexity index is 1420. The molecule has 2 aromatic carbocycles. The number of hydrogen-bond donors (Lipinski definition) is 2. The van der Waals surface area contributed by atoms with E-state index in [0.717, 1.165) is 58.6 Å². The van der Waals surface area contributed by atoms with E-state index in [-0.39, 0.29) is 12.4 Å². The van der Waals surface area contributed by atoms with E-state index >= 15 is 0 Å². The zero-order valence-corrected chi connectivity index (χ0v) is 18.4. The van der Waals surface area contributed by atoms with Crippen LogP contribution >= 0.6 is 12.4 Å². The van der Waals surface area contributed by atoms with Crippen LogP contribution < -0.4 is 5.32 Å². The molecule has 0 aliphatic carbocycles. The molecule has 0 saturated heterocycles. The van der Waals surface area contributed by atoms with Crippen LogP contribution in [0, 0.1) is 6.92 Å². The summed E-state index contributed by atoms with van der Waals surface area (Å²) in [4.78, 5) is 4.28. The van der Waals surface area contributed by atoms with Crippen LogP contribution in [0.1, 0.15) is 16.7 Å². The summed E-state index contributed by atoms with van der Waals surface area (Å²) < 4.78 is 1.83. The van der Waals surface area contributed by atoms with Gasteiger partial charge in [-0.2, -0.15) is 5.10 Å². The fraction of sp³-hybridized carbons (Fsp3) is 0.167. The van der Waals surface area contributed by atoms with E-state index in [4.69, 9.17) is 0 Å². The van der Waals surface area contributed by atoms with Gasteiger partial charge in [-0.25, -0.2) is 4.68 Å². The zero-order valence-electron chi connectivity index (χ0n) is 17.5.